The molecular formula is C14H11ClF6N2O2. The lowest BCUT2D eigenvalue weighted by atomic mass is 10.1. The van der Waals surface area contributed by atoms with E-state index >= 15 is 0 Å². The second kappa shape index (κ2) is 6.74. The average Bonchev–Trinajstić information content (AvgIpc) is 2.95. The zero-order valence-corrected chi connectivity index (χ0v) is 13.1. The smallest absolute Gasteiger partial charge is 0.323 e. The molecule has 1 aliphatic heterocycles. The molecule has 11 heteroatoms. The predicted octanol–water partition coefficient (Wildman–Crippen LogP) is 3.85. The fourth-order valence-electron chi connectivity index (χ4n) is 2.46. The minimum atomic E-state index is -5.14. The second-order valence-electron chi connectivity index (χ2n) is 5.34. The highest BCUT2D eigenvalue weighted by atomic mass is 35.5. The first-order valence-corrected chi connectivity index (χ1v) is 7.34. The third kappa shape index (κ3) is 4.36. The summed E-state index contributed by atoms with van der Waals surface area (Å²) in [7, 11) is 0. The molecule has 1 aliphatic rings. The van der Waals surface area contributed by atoms with Gasteiger partial charge in [0.05, 0.1) is 16.3 Å². The Morgan fingerprint density at radius 1 is 1.16 bits per heavy atom. The van der Waals surface area contributed by atoms with Gasteiger partial charge >= 0.3 is 18.3 Å². The number of alkyl halides is 6. The summed E-state index contributed by atoms with van der Waals surface area (Å²) < 4.78 is 75.7. The highest BCUT2D eigenvalue weighted by Crippen LogP contribution is 2.34. The molecule has 4 nitrogen and oxygen atoms in total. The van der Waals surface area contributed by atoms with Crippen LogP contribution in [0.2, 0.25) is 5.02 Å². The van der Waals surface area contributed by atoms with E-state index in [9.17, 15) is 35.9 Å². The lowest BCUT2D eigenvalue weighted by Gasteiger charge is -2.25. The molecule has 0 saturated carbocycles. The normalized spacial score (nSPS) is 18.4. The molecule has 0 aromatic heterocycles. The monoisotopic (exact) mass is 388 g/mol. The minimum absolute atomic E-state index is 0.0375. The van der Waals surface area contributed by atoms with Gasteiger partial charge in [-0.25, -0.2) is 0 Å². The molecule has 0 bridgehead atoms. The van der Waals surface area contributed by atoms with E-state index in [1.165, 1.54) is 0 Å². The van der Waals surface area contributed by atoms with Crippen LogP contribution in [0.5, 0.6) is 0 Å². The molecule has 138 valence electrons. The Kier molecular flexibility index (Phi) is 5.22. The van der Waals surface area contributed by atoms with Crippen LogP contribution in [0.3, 0.4) is 0 Å². The van der Waals surface area contributed by atoms with E-state index < -0.39 is 41.5 Å². The summed E-state index contributed by atoms with van der Waals surface area (Å²) in [4.78, 5) is 23.8. The first kappa shape index (κ1) is 19.4. The Morgan fingerprint density at radius 3 is 2.36 bits per heavy atom. The number of amides is 2. The van der Waals surface area contributed by atoms with Crippen LogP contribution in [0.4, 0.5) is 32.0 Å². The number of hydrogen-bond acceptors (Lipinski definition) is 2. The van der Waals surface area contributed by atoms with Crippen molar-refractivity contribution >= 4 is 29.1 Å². The van der Waals surface area contributed by atoms with Gasteiger partial charge < -0.3 is 10.2 Å². The summed E-state index contributed by atoms with van der Waals surface area (Å²) >= 11 is 5.73. The number of nitrogens with one attached hydrogen (secondary N) is 1. The number of nitrogens with zero attached hydrogens (tertiary/aromatic N) is 1. The molecule has 1 saturated heterocycles. The number of rotatable bonds is 2. The van der Waals surface area contributed by atoms with Crippen LogP contribution in [-0.2, 0) is 15.8 Å². The van der Waals surface area contributed by atoms with Crippen LogP contribution in [0.1, 0.15) is 18.4 Å². The Hall–Kier alpha value is -1.97. The van der Waals surface area contributed by atoms with Gasteiger partial charge in [0.15, 0.2) is 0 Å². The summed E-state index contributed by atoms with van der Waals surface area (Å²) in [5.41, 5.74) is -1.48. The van der Waals surface area contributed by atoms with E-state index in [0.717, 1.165) is 6.07 Å². The number of benzene rings is 1. The molecule has 1 unspecified atom stereocenters. The van der Waals surface area contributed by atoms with E-state index in [0.29, 0.717) is 17.0 Å². The average molecular weight is 389 g/mol. The molecule has 1 atom stereocenters. The van der Waals surface area contributed by atoms with Crippen molar-refractivity contribution in [1.82, 2.24) is 4.90 Å². The summed E-state index contributed by atoms with van der Waals surface area (Å²) in [6.07, 6.45) is -9.70. The van der Waals surface area contributed by atoms with Crippen molar-refractivity contribution in [2.75, 3.05) is 11.9 Å². The van der Waals surface area contributed by atoms with Gasteiger partial charge in [0.2, 0.25) is 5.91 Å². The van der Waals surface area contributed by atoms with Gasteiger partial charge in [-0.15, -0.1) is 0 Å². The second-order valence-corrected chi connectivity index (χ2v) is 5.74. The molecule has 0 aliphatic carbocycles. The summed E-state index contributed by atoms with van der Waals surface area (Å²) in [6, 6.07) is 0.755. The standard InChI is InChI=1S/C14H11ClF6N2O2/c15-8-4-3-7(13(16,17)18)6-9(8)22-11(24)10-2-1-5-23(10)12(25)14(19,20)21/h3-4,6,10H,1-2,5H2,(H,22,24). The highest BCUT2D eigenvalue weighted by molar-refractivity contribution is 6.33. The minimum Gasteiger partial charge on any atom is -0.323 e. The molecule has 1 aromatic rings. The lowest BCUT2D eigenvalue weighted by molar-refractivity contribution is -0.186. The van der Waals surface area contributed by atoms with Crippen LogP contribution in [0.25, 0.3) is 0 Å². The van der Waals surface area contributed by atoms with E-state index in [2.05, 4.69) is 5.32 Å². The van der Waals surface area contributed by atoms with Crippen LogP contribution in [-0.4, -0.2) is 35.5 Å². The van der Waals surface area contributed by atoms with Crippen molar-refractivity contribution in [2.45, 2.75) is 31.2 Å². The summed E-state index contributed by atoms with van der Waals surface area (Å²) in [5, 5.41) is 1.85. The van der Waals surface area contributed by atoms with Gasteiger partial charge in [0, 0.05) is 6.54 Å². The third-order valence-electron chi connectivity index (χ3n) is 3.61. The summed E-state index contributed by atoms with van der Waals surface area (Å²) in [6.45, 7) is -0.271. The topological polar surface area (TPSA) is 49.4 Å². The Labute approximate surface area is 142 Å². The quantitative estimate of drug-likeness (QED) is 0.782. The largest absolute Gasteiger partial charge is 0.471 e. The molecule has 1 N–H and O–H groups in total. The lowest BCUT2D eigenvalue weighted by Crippen LogP contribution is -2.48. The van der Waals surface area contributed by atoms with Gasteiger partial charge in [-0.1, -0.05) is 11.6 Å². The number of halogens is 7. The van der Waals surface area contributed by atoms with Crippen molar-refractivity contribution in [1.29, 1.82) is 0 Å². The van der Waals surface area contributed by atoms with Gasteiger partial charge in [0.25, 0.3) is 0 Å². The molecule has 1 fully saturated rings. The SMILES string of the molecule is O=C(Nc1cc(C(F)(F)F)ccc1Cl)C1CCCN1C(=O)C(F)(F)F. The maximum atomic E-state index is 12.7. The first-order valence-electron chi connectivity index (χ1n) is 6.96. The number of carbonyl (C=O) groups excluding carboxylic acids is 2. The Morgan fingerprint density at radius 2 is 1.80 bits per heavy atom. The van der Waals surface area contributed by atoms with E-state index in [1.54, 1.807) is 0 Å². The van der Waals surface area contributed by atoms with Crippen molar-refractivity contribution in [3.8, 4) is 0 Å². The van der Waals surface area contributed by atoms with Gasteiger partial charge in [-0.05, 0) is 31.0 Å². The van der Waals surface area contributed by atoms with E-state index in [1.807, 2.05) is 0 Å². The number of hydrogen-bond donors (Lipinski definition) is 1. The third-order valence-corrected chi connectivity index (χ3v) is 3.94. The van der Waals surface area contributed by atoms with Crippen molar-refractivity contribution < 1.29 is 35.9 Å². The van der Waals surface area contributed by atoms with Crippen LogP contribution in [0.15, 0.2) is 18.2 Å². The molecule has 1 heterocycles. The van der Waals surface area contributed by atoms with Crippen LogP contribution < -0.4 is 5.32 Å². The highest BCUT2D eigenvalue weighted by Gasteiger charge is 2.47. The molecule has 2 rings (SSSR count). The van der Waals surface area contributed by atoms with E-state index in [-0.39, 0.29) is 24.4 Å². The molecule has 0 spiro atoms. The number of anilines is 1. The molecule has 25 heavy (non-hydrogen) atoms. The molecule has 1 aromatic carbocycles. The number of likely N-dealkylation sites (tertiary alicyclic amines) is 1. The van der Waals surface area contributed by atoms with Gasteiger partial charge in [-0.2, -0.15) is 26.3 Å². The maximum absolute atomic E-state index is 12.7. The predicted molar refractivity (Wildman–Crippen MR) is 75.9 cm³/mol. The van der Waals surface area contributed by atoms with Crippen LogP contribution >= 0.6 is 11.6 Å². The van der Waals surface area contributed by atoms with Crippen LogP contribution in [0, 0.1) is 0 Å². The van der Waals surface area contributed by atoms with Crippen molar-refractivity contribution in [3.63, 3.8) is 0 Å². The zero-order chi connectivity index (χ0) is 19.0. The van der Waals surface area contributed by atoms with Gasteiger partial charge in [0.1, 0.15) is 6.04 Å². The Bertz CT molecular complexity index is 689. The molecular weight excluding hydrogens is 378 g/mol. The summed E-state index contributed by atoms with van der Waals surface area (Å²) in [5.74, 6) is -3.20. The fraction of sp³-hybridized carbons (Fsp3) is 0.429. The first-order chi connectivity index (χ1) is 11.4. The molecule has 0 radical (unpaired) electrons. The maximum Gasteiger partial charge on any atom is 0.471 e. The molecule has 2 amide bonds. The van der Waals surface area contributed by atoms with Crippen molar-refractivity contribution in [3.05, 3.63) is 28.8 Å². The Balaban J connectivity index is 2.20. The zero-order valence-electron chi connectivity index (χ0n) is 12.3. The van der Waals surface area contributed by atoms with Gasteiger partial charge in [-0.3, -0.25) is 9.59 Å². The van der Waals surface area contributed by atoms with E-state index in [4.69, 9.17) is 11.6 Å². The van der Waals surface area contributed by atoms with Crippen molar-refractivity contribution in [2.24, 2.45) is 0 Å². The fourth-order valence-corrected chi connectivity index (χ4v) is 2.62. The number of carbonyl (C=O) groups is 2.